The minimum Gasteiger partial charge on any atom is -0.128 e. The first-order chi connectivity index (χ1) is 4.74. The maximum atomic E-state index is 3.82. The lowest BCUT2D eigenvalue weighted by atomic mass is 10.2. The number of halogens is 1. The van der Waals surface area contributed by atoms with Gasteiger partial charge < -0.3 is 0 Å². The van der Waals surface area contributed by atoms with E-state index in [2.05, 4.69) is 35.2 Å². The third-order valence-corrected chi connectivity index (χ3v) is 2.93. The summed E-state index contributed by atoms with van der Waals surface area (Å²) < 4.78 is 1.13. The lowest BCUT2D eigenvalue weighted by Crippen LogP contribution is -1.75. The first-order valence-corrected chi connectivity index (χ1v) is 4.91. The smallest absolute Gasteiger partial charge is 0.0313 e. The van der Waals surface area contributed by atoms with Crippen LogP contribution in [0, 0.1) is 6.92 Å². The molecule has 0 unspecified atom stereocenters. The van der Waals surface area contributed by atoms with E-state index >= 15 is 0 Å². The first kappa shape index (κ1) is 8.15. The minimum atomic E-state index is 1.05. The Bertz CT molecular complexity index is 233. The summed E-state index contributed by atoms with van der Waals surface area (Å²) >= 11 is 5.18. The Hall–Kier alpha value is 0.0500. The van der Waals surface area contributed by atoms with E-state index in [1.807, 2.05) is 12.1 Å². The molecule has 0 heterocycles. The largest absolute Gasteiger partial charge is 0.128 e. The van der Waals surface area contributed by atoms with Gasteiger partial charge in [-0.3, -0.25) is 0 Å². The predicted molar refractivity (Wildman–Crippen MR) is 50.4 cm³/mol. The maximum Gasteiger partial charge on any atom is 0.0313 e. The summed E-state index contributed by atoms with van der Waals surface area (Å²) in [5.41, 5.74) is 1.05. The molecule has 0 fully saturated rings. The molecular weight excluding hydrogens is 208 g/mol. The summed E-state index contributed by atoms with van der Waals surface area (Å²) in [5.74, 6) is 0. The van der Waals surface area contributed by atoms with Gasteiger partial charge in [-0.15, -0.1) is 11.8 Å². The third kappa shape index (κ3) is 1.77. The van der Waals surface area contributed by atoms with Crippen LogP contribution >= 0.6 is 27.7 Å². The van der Waals surface area contributed by atoms with E-state index in [1.54, 1.807) is 11.8 Å². The molecule has 0 aromatic heterocycles. The van der Waals surface area contributed by atoms with Crippen molar-refractivity contribution in [2.24, 2.45) is 0 Å². The molecule has 0 aliphatic carbocycles. The van der Waals surface area contributed by atoms with Crippen molar-refractivity contribution < 1.29 is 0 Å². The number of rotatable bonds is 1. The highest BCUT2D eigenvalue weighted by Crippen LogP contribution is 2.25. The van der Waals surface area contributed by atoms with Gasteiger partial charge in [0.05, 0.1) is 0 Å². The van der Waals surface area contributed by atoms with Crippen LogP contribution in [0.15, 0.2) is 27.6 Å². The Labute approximate surface area is 74.2 Å². The molecule has 10 heavy (non-hydrogen) atoms. The molecule has 0 aliphatic rings. The number of hydrogen-bond donors (Lipinski definition) is 0. The van der Waals surface area contributed by atoms with Gasteiger partial charge in [0.15, 0.2) is 0 Å². The Balaban J connectivity index is 3.07. The van der Waals surface area contributed by atoms with Crippen LogP contribution in [0.4, 0.5) is 0 Å². The summed E-state index contributed by atoms with van der Waals surface area (Å²) in [4.78, 5) is 1.26. The molecule has 1 radical (unpaired) electrons. The molecule has 1 aromatic carbocycles. The number of benzene rings is 1. The van der Waals surface area contributed by atoms with E-state index in [0.29, 0.717) is 0 Å². The number of hydrogen-bond acceptors (Lipinski definition) is 1. The van der Waals surface area contributed by atoms with Gasteiger partial charge in [0.1, 0.15) is 0 Å². The Kier molecular flexibility index (Phi) is 2.81. The summed E-state index contributed by atoms with van der Waals surface area (Å²) in [6, 6.07) is 6.10. The molecule has 0 saturated heterocycles. The van der Waals surface area contributed by atoms with Crippen molar-refractivity contribution in [3.05, 3.63) is 35.2 Å². The summed E-state index contributed by atoms with van der Waals surface area (Å²) in [5, 5.41) is 0. The fourth-order valence-corrected chi connectivity index (χ4v) is 2.08. The zero-order valence-corrected chi connectivity index (χ0v) is 8.13. The van der Waals surface area contributed by atoms with Gasteiger partial charge in [-0.05, 0) is 46.8 Å². The molecular formula is C8H8BrS. The van der Waals surface area contributed by atoms with Crippen LogP contribution < -0.4 is 0 Å². The third-order valence-electron chi connectivity index (χ3n) is 1.22. The molecule has 0 bridgehead atoms. The second-order valence-electron chi connectivity index (χ2n) is 1.97. The van der Waals surface area contributed by atoms with Gasteiger partial charge in [0.2, 0.25) is 0 Å². The van der Waals surface area contributed by atoms with E-state index in [0.717, 1.165) is 10.0 Å². The molecule has 0 aliphatic heterocycles. The fraction of sp³-hybridized carbons (Fsp3) is 0.125. The van der Waals surface area contributed by atoms with Crippen LogP contribution in [0.3, 0.4) is 0 Å². The average molecular weight is 216 g/mol. The second-order valence-corrected chi connectivity index (χ2v) is 3.67. The van der Waals surface area contributed by atoms with Gasteiger partial charge in [-0.2, -0.15) is 0 Å². The van der Waals surface area contributed by atoms with Crippen LogP contribution in [0.2, 0.25) is 0 Å². The molecule has 1 rings (SSSR count). The van der Waals surface area contributed by atoms with E-state index in [-0.39, 0.29) is 0 Å². The lowest BCUT2D eigenvalue weighted by Gasteiger charge is -1.99. The Morgan fingerprint density at radius 3 is 2.70 bits per heavy atom. The molecule has 53 valence electrons. The summed E-state index contributed by atoms with van der Waals surface area (Å²) in [6.45, 7) is 3.82. The normalized spacial score (nSPS) is 9.90. The Morgan fingerprint density at radius 2 is 2.20 bits per heavy atom. The minimum absolute atomic E-state index is 1.05. The molecule has 0 N–H and O–H groups in total. The molecule has 0 amide bonds. The van der Waals surface area contributed by atoms with Crippen molar-refractivity contribution in [3.63, 3.8) is 0 Å². The van der Waals surface area contributed by atoms with Gasteiger partial charge in [-0.25, -0.2) is 0 Å². The molecule has 0 saturated carbocycles. The summed E-state index contributed by atoms with van der Waals surface area (Å²) in [6.07, 6.45) is 2.06. The maximum absolute atomic E-state index is 3.82. The highest BCUT2D eigenvalue weighted by molar-refractivity contribution is 9.10. The van der Waals surface area contributed by atoms with Crippen LogP contribution in [0.1, 0.15) is 5.56 Å². The van der Waals surface area contributed by atoms with Crippen molar-refractivity contribution in [1.82, 2.24) is 0 Å². The van der Waals surface area contributed by atoms with Crippen LogP contribution in [0.5, 0.6) is 0 Å². The fourth-order valence-electron chi connectivity index (χ4n) is 0.710. The Morgan fingerprint density at radius 1 is 1.50 bits per heavy atom. The SMILES string of the molecule is [CH2]c1ccc(SC)c(Br)c1. The monoisotopic (exact) mass is 215 g/mol. The van der Waals surface area contributed by atoms with Crippen molar-refractivity contribution in [2.45, 2.75) is 4.90 Å². The zero-order valence-electron chi connectivity index (χ0n) is 5.73. The van der Waals surface area contributed by atoms with E-state index in [4.69, 9.17) is 0 Å². The van der Waals surface area contributed by atoms with Gasteiger partial charge in [-0.1, -0.05) is 6.07 Å². The molecule has 1 aromatic rings. The highest BCUT2D eigenvalue weighted by Gasteiger charge is 1.95. The van der Waals surface area contributed by atoms with Crippen LogP contribution in [-0.2, 0) is 0 Å². The van der Waals surface area contributed by atoms with Gasteiger partial charge in [0, 0.05) is 9.37 Å². The first-order valence-electron chi connectivity index (χ1n) is 2.89. The predicted octanol–water partition coefficient (Wildman–Crippen LogP) is 3.35. The average Bonchev–Trinajstić information content (AvgIpc) is 1.88. The van der Waals surface area contributed by atoms with Crippen LogP contribution in [-0.4, -0.2) is 6.26 Å². The van der Waals surface area contributed by atoms with Crippen LogP contribution in [0.25, 0.3) is 0 Å². The standard InChI is InChI=1S/C8H8BrS/c1-6-3-4-8(10-2)7(9)5-6/h3-5H,1H2,2H3. The quantitative estimate of drug-likeness (QED) is 0.648. The molecule has 0 atom stereocenters. The van der Waals surface area contributed by atoms with Crippen molar-refractivity contribution in [2.75, 3.05) is 6.26 Å². The molecule has 0 nitrogen and oxygen atoms in total. The zero-order chi connectivity index (χ0) is 7.56. The van der Waals surface area contributed by atoms with Gasteiger partial charge >= 0.3 is 0 Å². The molecule has 0 spiro atoms. The topological polar surface area (TPSA) is 0 Å². The van der Waals surface area contributed by atoms with E-state index in [9.17, 15) is 0 Å². The van der Waals surface area contributed by atoms with Crippen molar-refractivity contribution in [1.29, 1.82) is 0 Å². The van der Waals surface area contributed by atoms with Crippen molar-refractivity contribution >= 4 is 27.7 Å². The van der Waals surface area contributed by atoms with E-state index in [1.165, 1.54) is 4.90 Å². The highest BCUT2D eigenvalue weighted by atomic mass is 79.9. The van der Waals surface area contributed by atoms with Crippen molar-refractivity contribution in [3.8, 4) is 0 Å². The second kappa shape index (κ2) is 3.44. The lowest BCUT2D eigenvalue weighted by molar-refractivity contribution is 1.39. The number of thioether (sulfide) groups is 1. The summed E-state index contributed by atoms with van der Waals surface area (Å²) in [7, 11) is 0. The van der Waals surface area contributed by atoms with E-state index < -0.39 is 0 Å². The van der Waals surface area contributed by atoms with Gasteiger partial charge in [0.25, 0.3) is 0 Å². The molecule has 2 heteroatoms.